The Kier molecular flexibility index (Phi) is 2.85. The lowest BCUT2D eigenvalue weighted by Crippen LogP contribution is -2.60. The lowest BCUT2D eigenvalue weighted by Gasteiger charge is -2.56. The first-order chi connectivity index (χ1) is 9.60. The monoisotopic (exact) mass is 293 g/mol. The lowest BCUT2D eigenvalue weighted by atomic mass is 9.53. The predicted octanol–water partition coefficient (Wildman–Crippen LogP) is 2.62. The van der Waals surface area contributed by atoms with Crippen LogP contribution in [0.5, 0.6) is 0 Å². The van der Waals surface area contributed by atoms with Crippen LogP contribution in [0, 0.1) is 17.8 Å². The molecule has 4 saturated carbocycles. The summed E-state index contributed by atoms with van der Waals surface area (Å²) in [5.74, 6) is 2.62. The molecule has 5 heteroatoms. The average Bonchev–Trinajstić information content (AvgIpc) is 2.71. The topological polar surface area (TPSA) is 46.9 Å². The summed E-state index contributed by atoms with van der Waals surface area (Å²) >= 11 is 5.83. The summed E-state index contributed by atoms with van der Waals surface area (Å²) in [6.07, 6.45) is 11.0. The molecule has 0 radical (unpaired) electrons. The third-order valence-electron chi connectivity index (χ3n) is 5.35. The van der Waals surface area contributed by atoms with Gasteiger partial charge in [-0.15, -0.1) is 0 Å². The van der Waals surface area contributed by atoms with Crippen LogP contribution in [-0.4, -0.2) is 21.2 Å². The predicted molar refractivity (Wildman–Crippen MR) is 76.3 cm³/mol. The van der Waals surface area contributed by atoms with E-state index in [9.17, 15) is 4.79 Å². The molecule has 4 aliphatic rings. The minimum absolute atomic E-state index is 0.0757. The summed E-state index contributed by atoms with van der Waals surface area (Å²) in [5, 5.41) is 7.99. The maximum absolute atomic E-state index is 12.3. The molecule has 1 aromatic heterocycles. The summed E-state index contributed by atoms with van der Waals surface area (Å²) in [4.78, 5) is 12.3. The van der Waals surface area contributed by atoms with Crippen LogP contribution < -0.4 is 5.32 Å². The molecule has 4 bridgehead atoms. The van der Waals surface area contributed by atoms with Gasteiger partial charge in [0.1, 0.15) is 6.54 Å². The number of carbonyl (C=O) groups excluding carboxylic acids is 1. The van der Waals surface area contributed by atoms with Crippen molar-refractivity contribution in [2.75, 3.05) is 0 Å². The number of carbonyl (C=O) groups is 1. The van der Waals surface area contributed by atoms with E-state index in [0.717, 1.165) is 17.8 Å². The largest absolute Gasteiger partial charge is 0.349 e. The van der Waals surface area contributed by atoms with Gasteiger partial charge < -0.3 is 5.32 Å². The molecule has 0 aliphatic heterocycles. The molecule has 1 heterocycles. The normalized spacial score (nSPS) is 38.1. The summed E-state index contributed by atoms with van der Waals surface area (Å²) in [7, 11) is 0. The van der Waals surface area contributed by atoms with Gasteiger partial charge in [-0.3, -0.25) is 9.48 Å². The summed E-state index contributed by atoms with van der Waals surface area (Å²) < 4.78 is 1.61. The van der Waals surface area contributed by atoms with Crippen LogP contribution in [0.2, 0.25) is 5.02 Å². The van der Waals surface area contributed by atoms with Gasteiger partial charge in [0.25, 0.3) is 0 Å². The maximum atomic E-state index is 12.3. The van der Waals surface area contributed by atoms with Gasteiger partial charge in [0, 0.05) is 11.7 Å². The molecule has 1 amide bonds. The number of rotatable bonds is 3. The second-order valence-electron chi connectivity index (χ2n) is 7.10. The van der Waals surface area contributed by atoms with Gasteiger partial charge in [0.2, 0.25) is 5.91 Å². The van der Waals surface area contributed by atoms with E-state index in [1.807, 2.05) is 0 Å². The Bertz CT molecular complexity index is 504. The molecule has 1 aromatic rings. The molecule has 0 saturated heterocycles. The van der Waals surface area contributed by atoms with Crippen molar-refractivity contribution in [3.05, 3.63) is 17.4 Å². The Morgan fingerprint density at radius 1 is 1.30 bits per heavy atom. The fourth-order valence-corrected chi connectivity index (χ4v) is 5.33. The second kappa shape index (κ2) is 4.48. The van der Waals surface area contributed by atoms with Crippen LogP contribution in [0.25, 0.3) is 0 Å². The second-order valence-corrected chi connectivity index (χ2v) is 7.54. The van der Waals surface area contributed by atoms with Crippen LogP contribution in [0.15, 0.2) is 12.4 Å². The minimum atomic E-state index is 0.0757. The summed E-state index contributed by atoms with van der Waals surface area (Å²) in [6.45, 7) is 0.272. The van der Waals surface area contributed by atoms with Crippen molar-refractivity contribution < 1.29 is 4.79 Å². The standard InChI is InChI=1S/C15H20ClN3O/c16-13-7-17-19(8-13)9-14(20)18-15-4-10-1-11(5-15)3-12(2-10)6-15/h7-8,10-12H,1-6,9H2,(H,18,20). The molecule has 0 spiro atoms. The van der Waals surface area contributed by atoms with Gasteiger partial charge in [0.15, 0.2) is 0 Å². The molecule has 0 unspecified atom stereocenters. The number of nitrogens with one attached hydrogen (secondary N) is 1. The van der Waals surface area contributed by atoms with E-state index in [1.165, 1.54) is 38.5 Å². The van der Waals surface area contributed by atoms with Crippen molar-refractivity contribution in [1.82, 2.24) is 15.1 Å². The van der Waals surface area contributed by atoms with Gasteiger partial charge in [-0.05, 0) is 56.3 Å². The zero-order valence-electron chi connectivity index (χ0n) is 11.5. The average molecular weight is 294 g/mol. The summed E-state index contributed by atoms with van der Waals surface area (Å²) in [5.41, 5.74) is 0.0861. The van der Waals surface area contributed by atoms with E-state index in [4.69, 9.17) is 11.6 Å². The molecule has 5 rings (SSSR count). The number of amides is 1. The number of nitrogens with zero attached hydrogens (tertiary/aromatic N) is 2. The lowest BCUT2D eigenvalue weighted by molar-refractivity contribution is -0.127. The van der Waals surface area contributed by atoms with Gasteiger partial charge in [-0.25, -0.2) is 0 Å². The van der Waals surface area contributed by atoms with Crippen LogP contribution in [0.4, 0.5) is 0 Å². The van der Waals surface area contributed by atoms with Crippen LogP contribution in [0.1, 0.15) is 38.5 Å². The molecule has 20 heavy (non-hydrogen) atoms. The Labute approximate surface area is 123 Å². The Morgan fingerprint density at radius 3 is 2.40 bits per heavy atom. The van der Waals surface area contributed by atoms with Crippen LogP contribution >= 0.6 is 11.6 Å². The van der Waals surface area contributed by atoms with Gasteiger partial charge in [-0.2, -0.15) is 5.10 Å². The van der Waals surface area contributed by atoms with Gasteiger partial charge in [-0.1, -0.05) is 11.6 Å². The molecule has 0 aromatic carbocycles. The maximum Gasteiger partial charge on any atom is 0.242 e. The fourth-order valence-electron chi connectivity index (χ4n) is 5.17. The number of halogens is 1. The molecule has 4 fully saturated rings. The van der Waals surface area contributed by atoms with Crippen molar-refractivity contribution in [2.45, 2.75) is 50.6 Å². The first-order valence-corrected chi connectivity index (χ1v) is 7.97. The molecule has 108 valence electrons. The third-order valence-corrected chi connectivity index (χ3v) is 5.55. The number of hydrogen-bond donors (Lipinski definition) is 1. The van der Waals surface area contributed by atoms with Crippen molar-refractivity contribution in [2.24, 2.45) is 17.8 Å². The molecule has 4 aliphatic carbocycles. The first kappa shape index (κ1) is 12.7. The smallest absolute Gasteiger partial charge is 0.242 e. The quantitative estimate of drug-likeness (QED) is 0.931. The summed E-state index contributed by atoms with van der Waals surface area (Å²) in [6, 6.07) is 0. The zero-order chi connectivity index (χ0) is 13.7. The van der Waals surface area contributed by atoms with E-state index < -0.39 is 0 Å². The van der Waals surface area contributed by atoms with E-state index in [1.54, 1.807) is 17.1 Å². The molecule has 0 atom stereocenters. The van der Waals surface area contributed by atoms with E-state index in [0.29, 0.717) is 5.02 Å². The minimum Gasteiger partial charge on any atom is -0.349 e. The van der Waals surface area contributed by atoms with E-state index >= 15 is 0 Å². The SMILES string of the molecule is O=C(Cn1cc(Cl)cn1)NC12CC3CC(CC(C3)C1)C2. The molecular formula is C15H20ClN3O. The van der Waals surface area contributed by atoms with Crippen LogP contribution in [0.3, 0.4) is 0 Å². The van der Waals surface area contributed by atoms with Crippen molar-refractivity contribution >= 4 is 17.5 Å². The number of aromatic nitrogens is 2. The van der Waals surface area contributed by atoms with Crippen molar-refractivity contribution in [3.8, 4) is 0 Å². The van der Waals surface area contributed by atoms with E-state index in [-0.39, 0.29) is 18.0 Å². The zero-order valence-corrected chi connectivity index (χ0v) is 12.3. The Hall–Kier alpha value is -1.03. The highest BCUT2D eigenvalue weighted by Crippen LogP contribution is 2.55. The fraction of sp³-hybridized carbons (Fsp3) is 0.733. The molecule has 4 nitrogen and oxygen atoms in total. The first-order valence-electron chi connectivity index (χ1n) is 7.59. The van der Waals surface area contributed by atoms with Gasteiger partial charge >= 0.3 is 0 Å². The number of hydrogen-bond acceptors (Lipinski definition) is 2. The highest BCUT2D eigenvalue weighted by Gasteiger charge is 2.51. The Balaban J connectivity index is 1.44. The highest BCUT2D eigenvalue weighted by atomic mass is 35.5. The van der Waals surface area contributed by atoms with Gasteiger partial charge in [0.05, 0.1) is 11.2 Å². The van der Waals surface area contributed by atoms with Crippen LogP contribution in [-0.2, 0) is 11.3 Å². The third kappa shape index (κ3) is 2.24. The highest BCUT2D eigenvalue weighted by molar-refractivity contribution is 6.30. The van der Waals surface area contributed by atoms with Crippen molar-refractivity contribution in [1.29, 1.82) is 0 Å². The van der Waals surface area contributed by atoms with E-state index in [2.05, 4.69) is 10.4 Å². The van der Waals surface area contributed by atoms with Crippen molar-refractivity contribution in [3.63, 3.8) is 0 Å². The Morgan fingerprint density at radius 2 is 1.90 bits per heavy atom. The molecule has 1 N–H and O–H groups in total. The molecular weight excluding hydrogens is 274 g/mol.